The van der Waals surface area contributed by atoms with E-state index in [4.69, 9.17) is 29.9 Å². The lowest BCUT2D eigenvalue weighted by molar-refractivity contribution is -0.117. The van der Waals surface area contributed by atoms with Crippen LogP contribution in [0.5, 0.6) is 0 Å². The fourth-order valence-corrected chi connectivity index (χ4v) is 2.35. The molecule has 4 N–H and O–H groups in total. The summed E-state index contributed by atoms with van der Waals surface area (Å²) in [5, 5.41) is 44.6. The van der Waals surface area contributed by atoms with E-state index in [-0.39, 0.29) is 51.3 Å². The molecule has 0 unspecified atom stereocenters. The normalized spacial score (nSPS) is 11.9. The molecule has 0 saturated heterocycles. The summed E-state index contributed by atoms with van der Waals surface area (Å²) in [6.45, 7) is 1.14. The second-order valence-corrected chi connectivity index (χ2v) is 6.49. The maximum Gasteiger partial charge on any atom is 0.129 e. The largest absolute Gasteiger partial charge is 0.394 e. The first kappa shape index (κ1) is 23.6. The van der Waals surface area contributed by atoms with Gasteiger partial charge in [-0.2, -0.15) is 0 Å². The minimum absolute atomic E-state index is 0.140. The van der Waals surface area contributed by atoms with E-state index in [9.17, 15) is 4.79 Å². The number of aryl methyl sites for hydroxylation is 1. The Bertz CT molecular complexity index is 502. The Morgan fingerprint density at radius 2 is 1.63 bits per heavy atom. The number of ketones is 1. The van der Waals surface area contributed by atoms with Gasteiger partial charge in [-0.05, 0) is 19.8 Å². The van der Waals surface area contributed by atoms with Gasteiger partial charge >= 0.3 is 0 Å². The van der Waals surface area contributed by atoms with Gasteiger partial charge in [0.15, 0.2) is 0 Å². The number of nitrogens with zero attached hydrogens (tertiary/aromatic N) is 3. The Hall–Kier alpha value is -1.43. The molecule has 1 aromatic rings. The van der Waals surface area contributed by atoms with Crippen molar-refractivity contribution < 1.29 is 34.7 Å². The molecule has 0 bridgehead atoms. The van der Waals surface area contributed by atoms with Crippen molar-refractivity contribution in [3.8, 4) is 0 Å². The summed E-state index contributed by atoms with van der Waals surface area (Å²) >= 11 is 0. The number of Topliss-reactive ketones (excluding diaryl/α,β-unsaturated/α-hetero) is 1. The van der Waals surface area contributed by atoms with Crippen molar-refractivity contribution in [3.05, 3.63) is 11.9 Å². The van der Waals surface area contributed by atoms with Crippen LogP contribution in [0.2, 0.25) is 0 Å². The molecule has 0 atom stereocenters. The molecule has 0 amide bonds. The summed E-state index contributed by atoms with van der Waals surface area (Å²) in [6.07, 6.45) is 2.30. The number of hydrogen-bond donors (Lipinski definition) is 4. The quantitative estimate of drug-likeness (QED) is 0.266. The first-order chi connectivity index (χ1) is 13.0. The van der Waals surface area contributed by atoms with Crippen LogP contribution in [0.1, 0.15) is 25.5 Å². The smallest absolute Gasteiger partial charge is 0.129 e. The maximum absolute atomic E-state index is 11.0. The van der Waals surface area contributed by atoms with Gasteiger partial charge in [-0.15, -0.1) is 5.10 Å². The molecular formula is C17H31N3O7. The van der Waals surface area contributed by atoms with Crippen LogP contribution in [-0.4, -0.2) is 93.1 Å². The third-order valence-electron chi connectivity index (χ3n) is 3.94. The van der Waals surface area contributed by atoms with Gasteiger partial charge in [0.2, 0.25) is 0 Å². The number of aliphatic hydroxyl groups excluding tert-OH is 4. The molecule has 10 heteroatoms. The molecule has 1 rings (SSSR count). The Labute approximate surface area is 158 Å². The fourth-order valence-electron chi connectivity index (χ4n) is 2.35. The average molecular weight is 389 g/mol. The Kier molecular flexibility index (Phi) is 12.0. The SMILES string of the molecule is CC(=O)CCCc1cn(CC(COC(CO)CO)COC(CO)CO)nn1. The average Bonchev–Trinajstić information content (AvgIpc) is 3.10. The number of aromatic nitrogens is 3. The minimum Gasteiger partial charge on any atom is -0.394 e. The first-order valence-corrected chi connectivity index (χ1v) is 9.07. The van der Waals surface area contributed by atoms with Gasteiger partial charge in [0.25, 0.3) is 0 Å². The van der Waals surface area contributed by atoms with Gasteiger partial charge in [0.1, 0.15) is 18.0 Å². The van der Waals surface area contributed by atoms with Crippen LogP contribution >= 0.6 is 0 Å². The van der Waals surface area contributed by atoms with Gasteiger partial charge in [0.05, 0.1) is 45.3 Å². The highest BCUT2D eigenvalue weighted by Crippen LogP contribution is 2.09. The van der Waals surface area contributed by atoms with Gasteiger partial charge in [-0.25, -0.2) is 0 Å². The summed E-state index contributed by atoms with van der Waals surface area (Å²) in [6, 6.07) is 0. The van der Waals surface area contributed by atoms with Crippen molar-refractivity contribution in [1.29, 1.82) is 0 Å². The number of aliphatic hydroxyl groups is 4. The summed E-state index contributed by atoms with van der Waals surface area (Å²) in [5.74, 6) is -0.0561. The monoisotopic (exact) mass is 389 g/mol. The van der Waals surface area contributed by atoms with Crippen LogP contribution in [0, 0.1) is 5.92 Å². The molecule has 0 spiro atoms. The maximum atomic E-state index is 11.0. The van der Waals surface area contributed by atoms with Crippen molar-refractivity contribution in [1.82, 2.24) is 15.0 Å². The first-order valence-electron chi connectivity index (χ1n) is 9.07. The van der Waals surface area contributed by atoms with E-state index in [0.717, 1.165) is 5.69 Å². The predicted molar refractivity (Wildman–Crippen MR) is 95.0 cm³/mol. The van der Waals surface area contributed by atoms with Gasteiger partial charge in [-0.3, -0.25) is 4.68 Å². The van der Waals surface area contributed by atoms with Crippen LogP contribution < -0.4 is 0 Å². The second-order valence-electron chi connectivity index (χ2n) is 6.49. The minimum atomic E-state index is -0.683. The molecule has 10 nitrogen and oxygen atoms in total. The molecule has 27 heavy (non-hydrogen) atoms. The summed E-state index contributed by atoms with van der Waals surface area (Å²) in [5.41, 5.74) is 0.782. The zero-order chi connectivity index (χ0) is 20.1. The van der Waals surface area contributed by atoms with E-state index >= 15 is 0 Å². The molecular weight excluding hydrogens is 358 g/mol. The number of rotatable bonds is 16. The van der Waals surface area contributed by atoms with Gasteiger partial charge < -0.3 is 34.7 Å². The molecule has 0 aromatic carbocycles. The number of hydrogen-bond acceptors (Lipinski definition) is 9. The van der Waals surface area contributed by atoms with E-state index in [2.05, 4.69) is 10.3 Å². The van der Waals surface area contributed by atoms with E-state index in [1.54, 1.807) is 17.8 Å². The third kappa shape index (κ3) is 9.89. The topological polar surface area (TPSA) is 147 Å². The number of carbonyl (C=O) groups excluding carboxylic acids is 1. The molecule has 0 fully saturated rings. The number of ether oxygens (including phenoxy) is 2. The van der Waals surface area contributed by atoms with Crippen LogP contribution in [0.25, 0.3) is 0 Å². The summed E-state index contributed by atoms with van der Waals surface area (Å²) in [7, 11) is 0. The van der Waals surface area contributed by atoms with Crippen LogP contribution in [0.4, 0.5) is 0 Å². The Balaban J connectivity index is 2.60. The van der Waals surface area contributed by atoms with Crippen LogP contribution in [0.15, 0.2) is 6.20 Å². The van der Waals surface area contributed by atoms with Crippen LogP contribution in [-0.2, 0) is 27.2 Å². The lowest BCUT2D eigenvalue weighted by atomic mass is 10.1. The zero-order valence-corrected chi connectivity index (χ0v) is 15.7. The van der Waals surface area contributed by atoms with Crippen molar-refractivity contribution in [2.45, 2.75) is 44.9 Å². The van der Waals surface area contributed by atoms with Gasteiger partial charge in [-0.1, -0.05) is 5.21 Å². The van der Waals surface area contributed by atoms with E-state index < -0.39 is 12.2 Å². The van der Waals surface area contributed by atoms with Crippen molar-refractivity contribution in [2.75, 3.05) is 39.6 Å². The van der Waals surface area contributed by atoms with Gasteiger partial charge in [0, 0.05) is 25.1 Å². The fraction of sp³-hybridized carbons (Fsp3) is 0.824. The lowest BCUT2D eigenvalue weighted by Gasteiger charge is -2.22. The molecule has 0 aliphatic heterocycles. The second kappa shape index (κ2) is 13.7. The number of carbonyl (C=O) groups is 1. The molecule has 0 saturated carbocycles. The lowest BCUT2D eigenvalue weighted by Crippen LogP contribution is -2.32. The molecule has 0 aliphatic carbocycles. The van der Waals surface area contributed by atoms with Crippen molar-refractivity contribution >= 4 is 5.78 Å². The molecule has 1 aromatic heterocycles. The highest BCUT2D eigenvalue weighted by Gasteiger charge is 2.17. The molecule has 1 heterocycles. The standard InChI is InChI=1S/C17H31N3O7/c1-13(25)3-2-4-15-6-20(19-18-15)5-14(11-26-16(7-21)8-22)12-27-17(9-23)10-24/h6,14,16-17,21-24H,2-5,7-12H2,1H3. The molecule has 0 radical (unpaired) electrons. The van der Waals surface area contributed by atoms with Crippen molar-refractivity contribution in [2.24, 2.45) is 5.92 Å². The Morgan fingerprint density at radius 3 is 2.11 bits per heavy atom. The highest BCUT2D eigenvalue weighted by molar-refractivity contribution is 5.75. The van der Waals surface area contributed by atoms with Crippen molar-refractivity contribution in [3.63, 3.8) is 0 Å². The zero-order valence-electron chi connectivity index (χ0n) is 15.7. The summed E-state index contributed by atoms with van der Waals surface area (Å²) in [4.78, 5) is 11.0. The highest BCUT2D eigenvalue weighted by atomic mass is 16.5. The van der Waals surface area contributed by atoms with E-state index in [1.165, 1.54) is 0 Å². The molecule has 156 valence electrons. The predicted octanol–water partition coefficient (Wildman–Crippen LogP) is -1.45. The van der Waals surface area contributed by atoms with E-state index in [0.29, 0.717) is 25.8 Å². The van der Waals surface area contributed by atoms with Crippen LogP contribution in [0.3, 0.4) is 0 Å². The Morgan fingerprint density at radius 1 is 1.07 bits per heavy atom. The molecule has 0 aliphatic rings. The third-order valence-corrected chi connectivity index (χ3v) is 3.94. The van der Waals surface area contributed by atoms with E-state index in [1.807, 2.05) is 0 Å². The summed E-state index contributed by atoms with van der Waals surface area (Å²) < 4.78 is 12.6.